The number of rotatable bonds is 6. The van der Waals surface area contributed by atoms with Gasteiger partial charge in [-0.2, -0.15) is 0 Å². The van der Waals surface area contributed by atoms with Gasteiger partial charge in [-0.15, -0.1) is 0 Å². The topological polar surface area (TPSA) is 76.7 Å². The summed E-state index contributed by atoms with van der Waals surface area (Å²) >= 11 is 0. The summed E-state index contributed by atoms with van der Waals surface area (Å²) in [6, 6.07) is 13.8. The lowest BCUT2D eigenvalue weighted by Gasteiger charge is -2.11. The highest BCUT2D eigenvalue weighted by molar-refractivity contribution is 5.96. The minimum Gasteiger partial charge on any atom is -0.424 e. The number of nitrogens with one attached hydrogen (secondary N) is 2. The first-order valence-electron chi connectivity index (χ1n) is 7.05. The lowest BCUT2D eigenvalue weighted by molar-refractivity contribution is -0.0165. The summed E-state index contributed by atoms with van der Waals surface area (Å²) in [6.45, 7) is -0.451. The maximum Gasteiger partial charge on any atom is 0.343 e. The molecular formula is C17H18N2O4. The van der Waals surface area contributed by atoms with Crippen LogP contribution in [0.1, 0.15) is 20.7 Å². The molecule has 0 heterocycles. The molecule has 2 N–H and O–H groups in total. The van der Waals surface area contributed by atoms with Crippen molar-refractivity contribution in [3.63, 3.8) is 0 Å². The van der Waals surface area contributed by atoms with E-state index in [-0.39, 0.29) is 0 Å². The van der Waals surface area contributed by atoms with E-state index in [9.17, 15) is 9.59 Å². The molecule has 0 saturated heterocycles. The monoisotopic (exact) mass is 314 g/mol. The van der Waals surface area contributed by atoms with E-state index in [1.165, 1.54) is 0 Å². The summed E-state index contributed by atoms with van der Waals surface area (Å²) in [6.07, 6.45) is 0. The van der Waals surface area contributed by atoms with Crippen molar-refractivity contribution in [3.8, 4) is 0 Å². The average Bonchev–Trinajstić information content (AvgIpc) is 2.61. The molecule has 0 aromatic heterocycles. The summed E-state index contributed by atoms with van der Waals surface area (Å²) < 4.78 is 9.99. The Morgan fingerprint density at radius 3 is 1.57 bits per heavy atom. The van der Waals surface area contributed by atoms with Gasteiger partial charge in [0.2, 0.25) is 6.79 Å². The highest BCUT2D eigenvalue weighted by Gasteiger charge is 2.14. The molecule has 0 saturated carbocycles. The maximum atomic E-state index is 12.0. The molecular weight excluding hydrogens is 296 g/mol. The summed E-state index contributed by atoms with van der Waals surface area (Å²) in [5.74, 6) is -1.13. The van der Waals surface area contributed by atoms with Crippen molar-refractivity contribution in [2.45, 2.75) is 0 Å². The number of para-hydroxylation sites is 2. The van der Waals surface area contributed by atoms with E-state index >= 15 is 0 Å². The second-order valence-electron chi connectivity index (χ2n) is 4.57. The van der Waals surface area contributed by atoms with E-state index in [4.69, 9.17) is 9.47 Å². The van der Waals surface area contributed by atoms with Gasteiger partial charge in [0, 0.05) is 25.5 Å². The zero-order valence-corrected chi connectivity index (χ0v) is 13.0. The predicted octanol–water partition coefficient (Wildman–Crippen LogP) is 2.74. The quantitative estimate of drug-likeness (QED) is 0.631. The third-order valence-electron chi connectivity index (χ3n) is 3.21. The standard InChI is InChI=1S/C17H18N2O4/c1-18-14-9-5-3-7-12(14)16(20)22-11-23-17(21)13-8-4-6-10-15(13)19-2/h3-10,18-19H,11H2,1-2H3. The number of carbonyl (C=O) groups is 2. The molecule has 2 aromatic carbocycles. The average molecular weight is 314 g/mol. The minimum atomic E-state index is -0.565. The maximum absolute atomic E-state index is 12.0. The SMILES string of the molecule is CNc1ccccc1C(=O)OCOC(=O)c1ccccc1NC. The number of carbonyl (C=O) groups excluding carboxylic acids is 2. The van der Waals surface area contributed by atoms with E-state index in [0.29, 0.717) is 22.5 Å². The molecule has 0 atom stereocenters. The van der Waals surface area contributed by atoms with Crippen LogP contribution in [-0.2, 0) is 9.47 Å². The van der Waals surface area contributed by atoms with Gasteiger partial charge >= 0.3 is 11.9 Å². The molecule has 0 aliphatic rings. The molecule has 6 heteroatoms. The number of anilines is 2. The predicted molar refractivity (Wildman–Crippen MR) is 87.7 cm³/mol. The second-order valence-corrected chi connectivity index (χ2v) is 4.57. The van der Waals surface area contributed by atoms with Gasteiger partial charge in [-0.25, -0.2) is 9.59 Å². The van der Waals surface area contributed by atoms with Crippen LogP contribution in [0, 0.1) is 0 Å². The van der Waals surface area contributed by atoms with Crippen molar-refractivity contribution in [2.24, 2.45) is 0 Å². The van der Waals surface area contributed by atoms with Crippen molar-refractivity contribution in [1.29, 1.82) is 0 Å². The molecule has 0 amide bonds. The smallest absolute Gasteiger partial charge is 0.343 e. The van der Waals surface area contributed by atoms with Crippen molar-refractivity contribution in [3.05, 3.63) is 59.7 Å². The van der Waals surface area contributed by atoms with Gasteiger partial charge in [0.25, 0.3) is 0 Å². The minimum absolute atomic E-state index is 0.377. The molecule has 0 unspecified atom stereocenters. The number of hydrogen-bond acceptors (Lipinski definition) is 6. The molecule has 120 valence electrons. The van der Waals surface area contributed by atoms with Crippen LogP contribution in [0.4, 0.5) is 11.4 Å². The Morgan fingerprint density at radius 1 is 0.783 bits per heavy atom. The number of hydrogen-bond donors (Lipinski definition) is 2. The summed E-state index contributed by atoms with van der Waals surface area (Å²) in [7, 11) is 3.42. The molecule has 0 spiro atoms. The zero-order valence-electron chi connectivity index (χ0n) is 13.0. The van der Waals surface area contributed by atoms with Crippen LogP contribution in [0.2, 0.25) is 0 Å². The lowest BCUT2D eigenvalue weighted by Crippen LogP contribution is -2.15. The van der Waals surface area contributed by atoms with Crippen molar-refractivity contribution < 1.29 is 19.1 Å². The third kappa shape index (κ3) is 4.00. The Balaban J connectivity index is 1.94. The summed E-state index contributed by atoms with van der Waals surface area (Å²) in [4.78, 5) is 24.0. The number of benzene rings is 2. The number of esters is 2. The van der Waals surface area contributed by atoms with Gasteiger partial charge in [0.1, 0.15) is 0 Å². The Kier molecular flexibility index (Phi) is 5.57. The van der Waals surface area contributed by atoms with E-state index < -0.39 is 18.7 Å². The Morgan fingerprint density at radius 2 is 1.17 bits per heavy atom. The first-order chi connectivity index (χ1) is 11.2. The molecule has 0 radical (unpaired) electrons. The van der Waals surface area contributed by atoms with Crippen LogP contribution in [0.15, 0.2) is 48.5 Å². The molecule has 0 bridgehead atoms. The molecule has 2 aromatic rings. The molecule has 0 fully saturated rings. The van der Waals surface area contributed by atoms with E-state index in [1.807, 2.05) is 0 Å². The molecule has 23 heavy (non-hydrogen) atoms. The zero-order chi connectivity index (χ0) is 16.7. The van der Waals surface area contributed by atoms with Crippen LogP contribution >= 0.6 is 0 Å². The van der Waals surface area contributed by atoms with Gasteiger partial charge in [-0.3, -0.25) is 0 Å². The first-order valence-corrected chi connectivity index (χ1v) is 7.05. The Labute approximate surface area is 134 Å². The van der Waals surface area contributed by atoms with E-state index in [1.54, 1.807) is 62.6 Å². The third-order valence-corrected chi connectivity index (χ3v) is 3.21. The van der Waals surface area contributed by atoms with Gasteiger partial charge in [0.05, 0.1) is 11.1 Å². The van der Waals surface area contributed by atoms with Crippen LogP contribution in [0.25, 0.3) is 0 Å². The summed E-state index contributed by atoms with van der Waals surface area (Å²) in [5.41, 5.74) is 2.04. The fourth-order valence-electron chi connectivity index (χ4n) is 2.05. The van der Waals surface area contributed by atoms with Crippen molar-refractivity contribution >= 4 is 23.3 Å². The highest BCUT2D eigenvalue weighted by Crippen LogP contribution is 2.17. The lowest BCUT2D eigenvalue weighted by atomic mass is 10.2. The Hall–Kier alpha value is -3.02. The van der Waals surface area contributed by atoms with E-state index in [0.717, 1.165) is 0 Å². The number of ether oxygens (including phenoxy) is 2. The van der Waals surface area contributed by atoms with Crippen molar-refractivity contribution in [1.82, 2.24) is 0 Å². The van der Waals surface area contributed by atoms with Crippen LogP contribution in [0.3, 0.4) is 0 Å². The first kappa shape index (κ1) is 16.4. The van der Waals surface area contributed by atoms with Gasteiger partial charge in [-0.1, -0.05) is 24.3 Å². The highest BCUT2D eigenvalue weighted by atomic mass is 16.7. The second kappa shape index (κ2) is 7.84. The molecule has 6 nitrogen and oxygen atoms in total. The van der Waals surface area contributed by atoms with Crippen molar-refractivity contribution in [2.75, 3.05) is 31.5 Å². The largest absolute Gasteiger partial charge is 0.424 e. The van der Waals surface area contributed by atoms with Gasteiger partial charge in [0.15, 0.2) is 0 Å². The van der Waals surface area contributed by atoms with Crippen LogP contribution in [0.5, 0.6) is 0 Å². The Bertz CT molecular complexity index is 641. The van der Waals surface area contributed by atoms with Crippen LogP contribution < -0.4 is 10.6 Å². The fraction of sp³-hybridized carbons (Fsp3) is 0.176. The normalized spacial score (nSPS) is 9.83. The van der Waals surface area contributed by atoms with Gasteiger partial charge in [-0.05, 0) is 24.3 Å². The van der Waals surface area contributed by atoms with Gasteiger partial charge < -0.3 is 20.1 Å². The molecule has 0 aliphatic heterocycles. The fourth-order valence-corrected chi connectivity index (χ4v) is 2.05. The van der Waals surface area contributed by atoms with E-state index in [2.05, 4.69) is 10.6 Å². The molecule has 2 rings (SSSR count). The summed E-state index contributed by atoms with van der Waals surface area (Å²) in [5, 5.41) is 5.80. The molecule has 0 aliphatic carbocycles. The van der Waals surface area contributed by atoms with Crippen LogP contribution in [-0.4, -0.2) is 32.8 Å².